The van der Waals surface area contributed by atoms with E-state index < -0.39 is 165 Å². The van der Waals surface area contributed by atoms with Crippen molar-refractivity contribution in [3.63, 3.8) is 0 Å². The predicted octanol–water partition coefficient (Wildman–Crippen LogP) is 0.474. The van der Waals surface area contributed by atoms with Crippen molar-refractivity contribution in [2.24, 2.45) is 34.5 Å². The topological polar surface area (TPSA) is 327 Å². The Morgan fingerprint density at radius 1 is 0.662 bits per heavy atom. The largest absolute Gasteiger partial charge is 0.462 e. The van der Waals surface area contributed by atoms with E-state index in [9.17, 15) is 55.5 Å². The molecule has 4 heterocycles. The van der Waals surface area contributed by atoms with E-state index >= 15 is 0 Å². The average Bonchev–Trinajstić information content (AvgIpc) is 3.91. The van der Waals surface area contributed by atoms with Crippen molar-refractivity contribution in [1.82, 2.24) is 0 Å². The van der Waals surface area contributed by atoms with Crippen LogP contribution in [0.25, 0.3) is 0 Å². The third-order valence-corrected chi connectivity index (χ3v) is 19.7. The number of aliphatic hydroxyl groups is 9. The molecule has 8 fully saturated rings. The first-order chi connectivity index (χ1) is 36.2. The zero-order valence-electron chi connectivity index (χ0n) is 46.4. The summed E-state index contributed by atoms with van der Waals surface area (Å²) in [5.74, 6) is -0.807. The molecule has 444 valence electrons. The average molecular weight is 1110 g/mol. The molecule has 0 radical (unpaired) electrons. The highest BCUT2D eigenvalue weighted by Crippen LogP contribution is 2.71. The Bertz CT molecular complexity index is 1980. The highest BCUT2D eigenvalue weighted by Gasteiger charge is 2.77. The van der Waals surface area contributed by atoms with Crippen molar-refractivity contribution < 1.29 is 112 Å². The van der Waals surface area contributed by atoms with Gasteiger partial charge in [0, 0.05) is 40.4 Å². The molecule has 28 atom stereocenters. The lowest BCUT2D eigenvalue weighted by atomic mass is 9.42. The normalized spacial score (nSPS) is 50.5. The van der Waals surface area contributed by atoms with Crippen LogP contribution in [0.2, 0.25) is 0 Å². The second kappa shape index (κ2) is 24.2. The SMILES string of the molecule is COC1CC(OC2CCC3(C)C(CCC4C3CC(OC(C)=O)C3(C)C(O)(C(C)OC(=O)CC(C)C)CCC43O)C2)OC(C)C1OC1CC(OC)C(OC2OC(COC3OC(CO)C(O)C(O)C3O)C(O)C(O)C2O)C(C)O1. The Kier molecular flexibility index (Phi) is 19.2. The minimum Gasteiger partial charge on any atom is -0.462 e. The van der Waals surface area contributed by atoms with Gasteiger partial charge in [-0.3, -0.25) is 9.59 Å². The molecule has 4 saturated heterocycles. The Balaban J connectivity index is 0.856. The summed E-state index contributed by atoms with van der Waals surface area (Å²) in [6.45, 7) is 13.4. The molecule has 4 saturated carbocycles. The summed E-state index contributed by atoms with van der Waals surface area (Å²) in [4.78, 5) is 25.7. The zero-order valence-corrected chi connectivity index (χ0v) is 46.4. The van der Waals surface area contributed by atoms with Gasteiger partial charge in [-0.1, -0.05) is 27.7 Å². The maximum atomic E-state index is 13.1. The molecule has 77 heavy (non-hydrogen) atoms. The van der Waals surface area contributed by atoms with Crippen molar-refractivity contribution in [3.8, 4) is 0 Å². The van der Waals surface area contributed by atoms with Crippen LogP contribution in [0.4, 0.5) is 0 Å². The first kappa shape index (κ1) is 61.3. The minimum atomic E-state index is -1.76. The second-order valence-corrected chi connectivity index (χ2v) is 24.4. The lowest BCUT2D eigenvalue weighted by Gasteiger charge is -2.66. The van der Waals surface area contributed by atoms with Gasteiger partial charge in [-0.15, -0.1) is 0 Å². The molecular weight excluding hydrogens is 1020 g/mol. The monoisotopic (exact) mass is 1110 g/mol. The highest BCUT2D eigenvalue weighted by atomic mass is 16.8. The fourth-order valence-corrected chi connectivity index (χ4v) is 15.2. The third kappa shape index (κ3) is 11.5. The maximum absolute atomic E-state index is 13.1. The van der Waals surface area contributed by atoms with Gasteiger partial charge in [-0.05, 0) is 101 Å². The number of ether oxygens (including phenoxy) is 12. The zero-order chi connectivity index (χ0) is 56.3. The Morgan fingerprint density at radius 2 is 1.25 bits per heavy atom. The number of carbonyl (C=O) groups excluding carboxylic acids is 2. The van der Waals surface area contributed by atoms with Crippen LogP contribution in [0.15, 0.2) is 0 Å². The number of esters is 2. The molecule has 23 heteroatoms. The van der Waals surface area contributed by atoms with E-state index in [1.165, 1.54) is 14.0 Å². The van der Waals surface area contributed by atoms with Crippen LogP contribution in [0.5, 0.6) is 0 Å². The van der Waals surface area contributed by atoms with E-state index in [0.29, 0.717) is 19.3 Å². The van der Waals surface area contributed by atoms with E-state index in [0.717, 1.165) is 25.7 Å². The van der Waals surface area contributed by atoms with Gasteiger partial charge in [0.25, 0.3) is 0 Å². The molecule has 4 aliphatic heterocycles. The van der Waals surface area contributed by atoms with Gasteiger partial charge in [0.05, 0.1) is 54.7 Å². The van der Waals surface area contributed by atoms with Crippen molar-refractivity contribution in [1.29, 1.82) is 0 Å². The van der Waals surface area contributed by atoms with E-state index in [4.69, 9.17) is 56.8 Å². The lowest BCUT2D eigenvalue weighted by Crippen LogP contribution is -2.72. The molecule has 4 aliphatic carbocycles. The van der Waals surface area contributed by atoms with Gasteiger partial charge < -0.3 is 103 Å². The van der Waals surface area contributed by atoms with Crippen molar-refractivity contribution in [2.45, 2.75) is 266 Å². The lowest BCUT2D eigenvalue weighted by molar-refractivity contribution is -0.360. The van der Waals surface area contributed by atoms with Gasteiger partial charge in [0.15, 0.2) is 25.2 Å². The number of hydrogen-bond donors (Lipinski definition) is 9. The van der Waals surface area contributed by atoms with Gasteiger partial charge in [-0.2, -0.15) is 0 Å². The highest BCUT2D eigenvalue weighted by molar-refractivity contribution is 5.70. The van der Waals surface area contributed by atoms with Crippen LogP contribution < -0.4 is 0 Å². The van der Waals surface area contributed by atoms with Crippen molar-refractivity contribution in [2.75, 3.05) is 27.4 Å². The summed E-state index contributed by atoms with van der Waals surface area (Å²) < 4.78 is 73.2. The first-order valence-corrected chi connectivity index (χ1v) is 28.0. The van der Waals surface area contributed by atoms with Crippen LogP contribution in [-0.2, 0) is 66.4 Å². The molecule has 0 aromatic heterocycles. The standard InChI is InChI=1S/C54H90O23/c1-24(2)17-38(57)71-27(5)53(64)15-16-54(65)31-12-11-29-18-30(13-14-51(29,7)32(31)19-37(52(53,54)8)72-28(6)56)73-39-20-33(66-9)47(25(3)69-39)76-40-21-34(67-10)48(26(4)70-40)77-50-46(63)44(61)42(59)36(75-50)23-68-49-45(62)43(60)41(58)35(22-55)74-49/h24-27,29-37,39-50,55,58-65H,11-23H2,1-10H3. The first-order valence-electron chi connectivity index (χ1n) is 28.0. The van der Waals surface area contributed by atoms with Crippen molar-refractivity contribution >= 4 is 11.9 Å². The summed E-state index contributed by atoms with van der Waals surface area (Å²) in [6.07, 6.45) is -17.4. The summed E-state index contributed by atoms with van der Waals surface area (Å²) in [5.41, 5.74) is -4.55. The van der Waals surface area contributed by atoms with Gasteiger partial charge in [-0.25, -0.2) is 0 Å². The van der Waals surface area contributed by atoms with Crippen LogP contribution in [-0.4, -0.2) is 225 Å². The number of methoxy groups -OCH3 is 2. The van der Waals surface area contributed by atoms with E-state index in [-0.39, 0.29) is 60.9 Å². The summed E-state index contributed by atoms with van der Waals surface area (Å²) in [6, 6.07) is 0. The van der Waals surface area contributed by atoms with Gasteiger partial charge in [0.2, 0.25) is 0 Å². The molecule has 0 spiro atoms. The molecule has 0 aromatic carbocycles. The predicted molar refractivity (Wildman–Crippen MR) is 265 cm³/mol. The fraction of sp³-hybridized carbons (Fsp3) is 0.963. The molecule has 0 bridgehead atoms. The van der Waals surface area contributed by atoms with Crippen LogP contribution >= 0.6 is 0 Å². The van der Waals surface area contributed by atoms with E-state index in [1.54, 1.807) is 21.0 Å². The van der Waals surface area contributed by atoms with Gasteiger partial charge >= 0.3 is 11.9 Å². The Hall–Kier alpha value is -1.82. The smallest absolute Gasteiger partial charge is 0.306 e. The van der Waals surface area contributed by atoms with Crippen LogP contribution in [0.3, 0.4) is 0 Å². The number of rotatable bonds is 17. The van der Waals surface area contributed by atoms with Crippen molar-refractivity contribution in [3.05, 3.63) is 0 Å². The summed E-state index contributed by atoms with van der Waals surface area (Å²) in [7, 11) is 3.09. The fourth-order valence-electron chi connectivity index (χ4n) is 15.2. The minimum absolute atomic E-state index is 0.0146. The molecule has 8 aliphatic rings. The number of carbonyl (C=O) groups is 2. The second-order valence-electron chi connectivity index (χ2n) is 24.4. The number of fused-ring (bicyclic) bond motifs is 5. The number of aliphatic hydroxyl groups excluding tert-OH is 7. The molecular formula is C54H90O23. The molecule has 28 unspecified atom stereocenters. The molecule has 8 rings (SSSR count). The van der Waals surface area contributed by atoms with Gasteiger partial charge in [0.1, 0.15) is 78.8 Å². The summed E-state index contributed by atoms with van der Waals surface area (Å²) in [5, 5.41) is 98.6. The quantitative estimate of drug-likeness (QED) is 0.0706. The van der Waals surface area contributed by atoms with E-state index in [2.05, 4.69) is 6.92 Å². The molecule has 23 nitrogen and oxygen atoms in total. The third-order valence-electron chi connectivity index (χ3n) is 19.7. The maximum Gasteiger partial charge on any atom is 0.306 e. The van der Waals surface area contributed by atoms with E-state index in [1.807, 2.05) is 27.7 Å². The molecule has 0 amide bonds. The number of hydrogen-bond acceptors (Lipinski definition) is 23. The van der Waals surface area contributed by atoms with Crippen LogP contribution in [0.1, 0.15) is 126 Å². The molecule has 9 N–H and O–H groups in total. The molecule has 0 aromatic rings. The Morgan fingerprint density at radius 3 is 1.84 bits per heavy atom. The summed E-state index contributed by atoms with van der Waals surface area (Å²) >= 11 is 0. The Labute approximate surface area is 451 Å². The van der Waals surface area contributed by atoms with Crippen LogP contribution in [0, 0.1) is 34.5 Å².